The van der Waals surface area contributed by atoms with Gasteiger partial charge in [0.25, 0.3) is 0 Å². The summed E-state index contributed by atoms with van der Waals surface area (Å²) in [6.45, 7) is 1.92. The summed E-state index contributed by atoms with van der Waals surface area (Å²) in [6, 6.07) is 0. The summed E-state index contributed by atoms with van der Waals surface area (Å²) in [6.07, 6.45) is 2.63. The van der Waals surface area contributed by atoms with E-state index in [2.05, 4.69) is 0 Å². The second-order valence-corrected chi connectivity index (χ2v) is 3.32. The van der Waals surface area contributed by atoms with Crippen molar-refractivity contribution in [2.45, 2.75) is 32.0 Å². The van der Waals surface area contributed by atoms with Crippen LogP contribution in [0.3, 0.4) is 0 Å². The number of ketones is 1. The molecule has 0 N–H and O–H groups in total. The van der Waals surface area contributed by atoms with Gasteiger partial charge in [-0.1, -0.05) is 6.92 Å². The van der Waals surface area contributed by atoms with E-state index in [0.29, 0.717) is 6.42 Å². The second-order valence-electron chi connectivity index (χ2n) is 3.32. The molecule has 1 atom stereocenters. The monoisotopic (exact) mass is 172 g/mol. The van der Waals surface area contributed by atoms with Crippen molar-refractivity contribution in [2.75, 3.05) is 14.2 Å². The molecule has 0 bridgehead atoms. The van der Waals surface area contributed by atoms with Gasteiger partial charge in [-0.3, -0.25) is 4.79 Å². The Morgan fingerprint density at radius 1 is 1.42 bits per heavy atom. The van der Waals surface area contributed by atoms with E-state index in [9.17, 15) is 4.79 Å². The molecule has 1 rings (SSSR count). The van der Waals surface area contributed by atoms with E-state index in [4.69, 9.17) is 9.47 Å². The van der Waals surface area contributed by atoms with Crippen LogP contribution in [-0.2, 0) is 14.3 Å². The van der Waals surface area contributed by atoms with Crippen molar-refractivity contribution < 1.29 is 14.3 Å². The quantitative estimate of drug-likeness (QED) is 0.590. The molecule has 0 radical (unpaired) electrons. The van der Waals surface area contributed by atoms with Crippen LogP contribution < -0.4 is 0 Å². The summed E-state index contributed by atoms with van der Waals surface area (Å²) in [5.74, 6) is -0.796. The summed E-state index contributed by atoms with van der Waals surface area (Å²) < 4.78 is 10.3. The summed E-state index contributed by atoms with van der Waals surface area (Å²) >= 11 is 0. The molecule has 1 saturated carbocycles. The third-order valence-electron chi connectivity index (χ3n) is 2.63. The Morgan fingerprint density at radius 3 is 2.42 bits per heavy atom. The van der Waals surface area contributed by atoms with E-state index in [-0.39, 0.29) is 11.7 Å². The molecule has 0 heterocycles. The molecule has 3 nitrogen and oxygen atoms in total. The minimum Gasteiger partial charge on any atom is -0.347 e. The fourth-order valence-electron chi connectivity index (χ4n) is 1.76. The molecule has 0 aromatic rings. The van der Waals surface area contributed by atoms with Crippen LogP contribution in [-0.4, -0.2) is 25.8 Å². The highest BCUT2D eigenvalue weighted by Gasteiger charge is 2.43. The van der Waals surface area contributed by atoms with Crippen molar-refractivity contribution in [1.82, 2.24) is 0 Å². The van der Waals surface area contributed by atoms with E-state index in [1.54, 1.807) is 0 Å². The molecule has 0 spiro atoms. The molecule has 3 heteroatoms. The number of methoxy groups -OCH3 is 2. The average Bonchev–Trinajstić information content (AvgIpc) is 2.11. The molecule has 1 unspecified atom stereocenters. The van der Waals surface area contributed by atoms with Gasteiger partial charge in [-0.15, -0.1) is 0 Å². The van der Waals surface area contributed by atoms with Crippen molar-refractivity contribution in [1.29, 1.82) is 0 Å². The van der Waals surface area contributed by atoms with Crippen molar-refractivity contribution in [3.8, 4) is 0 Å². The summed E-state index contributed by atoms with van der Waals surface area (Å²) in [7, 11) is 3.05. The van der Waals surface area contributed by atoms with Crippen LogP contribution in [0, 0.1) is 5.92 Å². The number of hydrogen-bond donors (Lipinski definition) is 0. The number of carbonyl (C=O) groups is 1. The van der Waals surface area contributed by atoms with Gasteiger partial charge in [0, 0.05) is 26.6 Å². The van der Waals surface area contributed by atoms with Gasteiger partial charge in [-0.05, 0) is 12.8 Å². The van der Waals surface area contributed by atoms with E-state index in [0.717, 1.165) is 12.8 Å². The Balaban J connectivity index is 2.79. The van der Waals surface area contributed by atoms with Crippen LogP contribution in [0.25, 0.3) is 0 Å². The lowest BCUT2D eigenvalue weighted by Crippen LogP contribution is -2.48. The normalized spacial score (nSPS) is 28.9. The van der Waals surface area contributed by atoms with Crippen LogP contribution in [0.5, 0.6) is 0 Å². The summed E-state index contributed by atoms with van der Waals surface area (Å²) in [5.41, 5.74) is 0. The number of carbonyl (C=O) groups excluding carboxylic acids is 1. The maximum Gasteiger partial charge on any atom is 0.228 e. The van der Waals surface area contributed by atoms with Gasteiger partial charge >= 0.3 is 0 Å². The topological polar surface area (TPSA) is 35.5 Å². The molecule has 1 aliphatic rings. The van der Waals surface area contributed by atoms with Crippen molar-refractivity contribution in [3.63, 3.8) is 0 Å². The third-order valence-corrected chi connectivity index (χ3v) is 2.63. The van der Waals surface area contributed by atoms with Gasteiger partial charge in [0.15, 0.2) is 5.78 Å². The molecular weight excluding hydrogens is 156 g/mol. The van der Waals surface area contributed by atoms with Crippen LogP contribution in [0.4, 0.5) is 0 Å². The van der Waals surface area contributed by atoms with Gasteiger partial charge in [-0.25, -0.2) is 0 Å². The predicted octanol–water partition coefficient (Wildman–Crippen LogP) is 1.36. The fourth-order valence-corrected chi connectivity index (χ4v) is 1.76. The molecule has 1 aliphatic carbocycles. The number of hydrogen-bond acceptors (Lipinski definition) is 3. The maximum absolute atomic E-state index is 11.7. The lowest BCUT2D eigenvalue weighted by atomic mass is 9.84. The van der Waals surface area contributed by atoms with Crippen molar-refractivity contribution in [2.24, 2.45) is 5.92 Å². The van der Waals surface area contributed by atoms with Crippen molar-refractivity contribution >= 4 is 5.78 Å². The number of ether oxygens (including phenoxy) is 2. The van der Waals surface area contributed by atoms with Crippen LogP contribution in [0.1, 0.15) is 26.2 Å². The standard InChI is InChI=1S/C9H16O3/c1-7-5-4-6-9(11-2,12-3)8(7)10/h7H,4-6H2,1-3H3. The zero-order chi connectivity index (χ0) is 9.19. The summed E-state index contributed by atoms with van der Waals surface area (Å²) in [4.78, 5) is 11.7. The van der Waals surface area contributed by atoms with Crippen LogP contribution in [0.2, 0.25) is 0 Å². The zero-order valence-corrected chi connectivity index (χ0v) is 7.92. The Labute approximate surface area is 73.0 Å². The molecular formula is C9H16O3. The molecule has 12 heavy (non-hydrogen) atoms. The molecule has 0 aromatic carbocycles. The lowest BCUT2D eigenvalue weighted by Gasteiger charge is -2.35. The highest BCUT2D eigenvalue weighted by Crippen LogP contribution is 2.31. The maximum atomic E-state index is 11.7. The highest BCUT2D eigenvalue weighted by atomic mass is 16.7. The first-order valence-corrected chi connectivity index (χ1v) is 4.31. The Morgan fingerprint density at radius 2 is 2.00 bits per heavy atom. The summed E-state index contributed by atoms with van der Waals surface area (Å²) in [5, 5.41) is 0. The largest absolute Gasteiger partial charge is 0.347 e. The van der Waals surface area contributed by atoms with Gasteiger partial charge in [-0.2, -0.15) is 0 Å². The minimum atomic E-state index is -0.947. The van der Waals surface area contributed by atoms with Crippen LogP contribution in [0.15, 0.2) is 0 Å². The van der Waals surface area contributed by atoms with Gasteiger partial charge < -0.3 is 9.47 Å². The molecule has 0 aliphatic heterocycles. The van der Waals surface area contributed by atoms with E-state index in [1.165, 1.54) is 14.2 Å². The van der Waals surface area contributed by atoms with E-state index < -0.39 is 5.79 Å². The van der Waals surface area contributed by atoms with Crippen molar-refractivity contribution in [3.05, 3.63) is 0 Å². The minimum absolute atomic E-state index is 0.0682. The molecule has 0 saturated heterocycles. The first-order valence-electron chi connectivity index (χ1n) is 4.31. The first kappa shape index (κ1) is 9.68. The second kappa shape index (κ2) is 3.54. The molecule has 0 amide bonds. The smallest absolute Gasteiger partial charge is 0.228 e. The highest BCUT2D eigenvalue weighted by molar-refractivity contribution is 5.88. The Hall–Kier alpha value is -0.410. The van der Waals surface area contributed by atoms with E-state index >= 15 is 0 Å². The molecule has 70 valence electrons. The SMILES string of the molecule is COC1(OC)CCCC(C)C1=O. The molecule has 0 aromatic heterocycles. The van der Waals surface area contributed by atoms with Crippen LogP contribution >= 0.6 is 0 Å². The van der Waals surface area contributed by atoms with Gasteiger partial charge in [0.2, 0.25) is 5.79 Å². The predicted molar refractivity (Wildman–Crippen MR) is 44.8 cm³/mol. The van der Waals surface area contributed by atoms with Gasteiger partial charge in [0.05, 0.1) is 0 Å². The number of Topliss-reactive ketones (excluding diaryl/α,β-unsaturated/α-hetero) is 1. The average molecular weight is 172 g/mol. The third kappa shape index (κ3) is 1.39. The fraction of sp³-hybridized carbons (Fsp3) is 0.889. The molecule has 1 fully saturated rings. The first-order chi connectivity index (χ1) is 5.66. The van der Waals surface area contributed by atoms with Gasteiger partial charge in [0.1, 0.15) is 0 Å². The Bertz CT molecular complexity index is 173. The number of rotatable bonds is 2. The van der Waals surface area contributed by atoms with E-state index in [1.807, 2.05) is 6.92 Å². The Kier molecular flexibility index (Phi) is 2.85. The lowest BCUT2D eigenvalue weighted by molar-refractivity contribution is -0.219. The zero-order valence-electron chi connectivity index (χ0n) is 7.92.